The van der Waals surface area contributed by atoms with E-state index in [1.165, 1.54) is 6.26 Å². The fourth-order valence-corrected chi connectivity index (χ4v) is 0.928. The first-order valence-electron chi connectivity index (χ1n) is 3.79. The van der Waals surface area contributed by atoms with Crippen LogP contribution < -0.4 is 10.5 Å². The van der Waals surface area contributed by atoms with Crippen LogP contribution in [0.25, 0.3) is 0 Å². The molecule has 0 aliphatic heterocycles. The first kappa shape index (κ1) is 7.67. The van der Waals surface area contributed by atoms with E-state index in [9.17, 15) is 0 Å². The molecule has 4 heteroatoms. The lowest BCUT2D eigenvalue weighted by atomic mass is 10.3. The highest BCUT2D eigenvalue weighted by Crippen LogP contribution is 2.25. The molecule has 1 heterocycles. The molecule has 1 aromatic heterocycles. The van der Waals surface area contributed by atoms with Crippen molar-refractivity contribution < 1.29 is 9.26 Å². The molecule has 0 saturated carbocycles. The maximum Gasteiger partial charge on any atom is 0.210 e. The second-order valence-electron chi connectivity index (χ2n) is 2.48. The maximum atomic E-state index is 5.46. The number of ether oxygens (including phenoxy) is 1. The predicted molar refractivity (Wildman–Crippen MR) is 47.4 cm³/mol. The van der Waals surface area contributed by atoms with E-state index in [-0.39, 0.29) is 5.82 Å². The average molecular weight is 176 g/mol. The number of para-hydroxylation sites is 1. The van der Waals surface area contributed by atoms with Gasteiger partial charge < -0.3 is 15.0 Å². The Morgan fingerprint density at radius 2 is 2.00 bits per heavy atom. The molecule has 0 amide bonds. The molecule has 0 aliphatic carbocycles. The molecule has 0 saturated heterocycles. The number of nitrogens with zero attached hydrogens (tertiary/aromatic N) is 1. The van der Waals surface area contributed by atoms with E-state index in [0.717, 1.165) is 0 Å². The van der Waals surface area contributed by atoms with Gasteiger partial charge in [0.25, 0.3) is 0 Å². The first-order valence-corrected chi connectivity index (χ1v) is 3.79. The van der Waals surface area contributed by atoms with Gasteiger partial charge in [-0.2, -0.15) is 0 Å². The molecule has 0 aliphatic rings. The van der Waals surface area contributed by atoms with Crippen LogP contribution in [-0.2, 0) is 0 Å². The van der Waals surface area contributed by atoms with E-state index < -0.39 is 0 Å². The van der Waals surface area contributed by atoms with Gasteiger partial charge in [-0.05, 0) is 12.1 Å². The van der Waals surface area contributed by atoms with Crippen LogP contribution in [0.2, 0.25) is 0 Å². The topological polar surface area (TPSA) is 61.3 Å². The Morgan fingerprint density at radius 3 is 2.62 bits per heavy atom. The van der Waals surface area contributed by atoms with Crippen molar-refractivity contribution in [2.75, 3.05) is 5.73 Å². The summed E-state index contributed by atoms with van der Waals surface area (Å²) in [4.78, 5) is 0. The van der Waals surface area contributed by atoms with Gasteiger partial charge in [-0.25, -0.2) is 0 Å². The summed E-state index contributed by atoms with van der Waals surface area (Å²) in [5.41, 5.74) is 5.46. The van der Waals surface area contributed by atoms with Gasteiger partial charge in [-0.3, -0.25) is 0 Å². The third-order valence-corrected chi connectivity index (χ3v) is 1.53. The molecule has 0 radical (unpaired) electrons. The van der Waals surface area contributed by atoms with Crippen molar-refractivity contribution in [3.8, 4) is 11.5 Å². The lowest BCUT2D eigenvalue weighted by molar-refractivity contribution is 0.411. The molecule has 2 N–H and O–H groups in total. The summed E-state index contributed by atoms with van der Waals surface area (Å²) in [6.45, 7) is 0. The Bertz CT molecular complexity index is 384. The highest BCUT2D eigenvalue weighted by atomic mass is 16.5. The quantitative estimate of drug-likeness (QED) is 0.760. The number of anilines is 1. The van der Waals surface area contributed by atoms with Crippen LogP contribution in [0.15, 0.2) is 41.1 Å². The Labute approximate surface area is 74.9 Å². The van der Waals surface area contributed by atoms with E-state index in [2.05, 4.69) is 9.68 Å². The van der Waals surface area contributed by atoms with Crippen LogP contribution in [0, 0.1) is 0 Å². The molecule has 4 nitrogen and oxygen atoms in total. The third-order valence-electron chi connectivity index (χ3n) is 1.53. The van der Waals surface area contributed by atoms with Crippen molar-refractivity contribution in [1.29, 1.82) is 0 Å². The minimum atomic E-state index is 0.254. The van der Waals surface area contributed by atoms with Gasteiger partial charge in [0, 0.05) is 0 Å². The zero-order valence-electron chi connectivity index (χ0n) is 6.81. The number of aromatic nitrogens is 1. The van der Waals surface area contributed by atoms with Crippen molar-refractivity contribution in [2.24, 2.45) is 0 Å². The molecular weight excluding hydrogens is 168 g/mol. The van der Waals surface area contributed by atoms with E-state index in [4.69, 9.17) is 10.5 Å². The largest absolute Gasteiger partial charge is 0.450 e. The lowest BCUT2D eigenvalue weighted by Gasteiger charge is -2.00. The maximum absolute atomic E-state index is 5.46. The molecule has 0 atom stereocenters. The van der Waals surface area contributed by atoms with E-state index >= 15 is 0 Å². The summed E-state index contributed by atoms with van der Waals surface area (Å²) < 4.78 is 9.99. The predicted octanol–water partition coefficient (Wildman–Crippen LogP) is 2.05. The lowest BCUT2D eigenvalue weighted by Crippen LogP contribution is -1.88. The Balaban J connectivity index is 2.20. The first-order chi connectivity index (χ1) is 6.36. The third kappa shape index (κ3) is 1.61. The zero-order valence-corrected chi connectivity index (χ0v) is 6.81. The summed E-state index contributed by atoms with van der Waals surface area (Å²) in [6, 6.07) is 9.31. The summed E-state index contributed by atoms with van der Waals surface area (Å²) in [6.07, 6.45) is 1.36. The molecule has 2 rings (SSSR count). The SMILES string of the molecule is Nc1nocc1Oc1ccccc1. The van der Waals surface area contributed by atoms with E-state index in [1.54, 1.807) is 0 Å². The standard InChI is InChI=1S/C9H8N2O2/c10-9-8(6-12-11-9)13-7-4-2-1-3-5-7/h1-6H,(H2,10,11). The molecule has 66 valence electrons. The highest BCUT2D eigenvalue weighted by Gasteiger charge is 2.04. The minimum Gasteiger partial charge on any atom is -0.450 e. The van der Waals surface area contributed by atoms with Crippen molar-refractivity contribution in [2.45, 2.75) is 0 Å². The fraction of sp³-hybridized carbons (Fsp3) is 0. The number of hydrogen-bond donors (Lipinski definition) is 1. The molecule has 0 spiro atoms. The van der Waals surface area contributed by atoms with Crippen LogP contribution in [-0.4, -0.2) is 5.16 Å². The monoisotopic (exact) mass is 176 g/mol. The summed E-state index contributed by atoms with van der Waals surface area (Å²) in [7, 11) is 0. The Hall–Kier alpha value is -1.97. The summed E-state index contributed by atoms with van der Waals surface area (Å²) in [5, 5.41) is 3.49. The fourth-order valence-electron chi connectivity index (χ4n) is 0.928. The number of nitrogens with two attached hydrogens (primary N) is 1. The molecule has 13 heavy (non-hydrogen) atoms. The van der Waals surface area contributed by atoms with Crippen LogP contribution >= 0.6 is 0 Å². The molecule has 1 aromatic carbocycles. The van der Waals surface area contributed by atoms with Gasteiger partial charge in [-0.1, -0.05) is 23.4 Å². The van der Waals surface area contributed by atoms with Crippen molar-refractivity contribution in [1.82, 2.24) is 5.16 Å². The van der Waals surface area contributed by atoms with Crippen molar-refractivity contribution >= 4 is 5.82 Å². The van der Waals surface area contributed by atoms with Gasteiger partial charge in [0.2, 0.25) is 11.6 Å². The van der Waals surface area contributed by atoms with Crippen LogP contribution in [0.1, 0.15) is 0 Å². The van der Waals surface area contributed by atoms with Crippen molar-refractivity contribution in [3.05, 3.63) is 36.6 Å². The number of nitrogen functional groups attached to an aromatic ring is 1. The molecule has 0 unspecified atom stereocenters. The average Bonchev–Trinajstić information content (AvgIpc) is 2.54. The van der Waals surface area contributed by atoms with Crippen LogP contribution in [0.3, 0.4) is 0 Å². The van der Waals surface area contributed by atoms with Gasteiger partial charge in [0.15, 0.2) is 6.26 Å². The van der Waals surface area contributed by atoms with Crippen LogP contribution in [0.4, 0.5) is 5.82 Å². The minimum absolute atomic E-state index is 0.254. The normalized spacial score (nSPS) is 9.85. The number of rotatable bonds is 2. The number of benzene rings is 1. The zero-order chi connectivity index (χ0) is 9.10. The second-order valence-corrected chi connectivity index (χ2v) is 2.48. The highest BCUT2D eigenvalue weighted by molar-refractivity contribution is 5.44. The van der Waals surface area contributed by atoms with E-state index in [1.807, 2.05) is 30.3 Å². The number of hydrogen-bond acceptors (Lipinski definition) is 4. The molecular formula is C9H8N2O2. The Kier molecular flexibility index (Phi) is 1.88. The Morgan fingerprint density at radius 1 is 1.23 bits per heavy atom. The van der Waals surface area contributed by atoms with Gasteiger partial charge in [-0.15, -0.1) is 0 Å². The molecule has 2 aromatic rings. The molecule has 0 bridgehead atoms. The van der Waals surface area contributed by atoms with E-state index in [0.29, 0.717) is 11.5 Å². The van der Waals surface area contributed by atoms with Gasteiger partial charge in [0.05, 0.1) is 0 Å². The summed E-state index contributed by atoms with van der Waals surface area (Å²) >= 11 is 0. The van der Waals surface area contributed by atoms with Crippen LogP contribution in [0.5, 0.6) is 11.5 Å². The smallest absolute Gasteiger partial charge is 0.210 e. The molecule has 0 fully saturated rings. The van der Waals surface area contributed by atoms with Gasteiger partial charge >= 0.3 is 0 Å². The summed E-state index contributed by atoms with van der Waals surface area (Å²) in [5.74, 6) is 1.40. The van der Waals surface area contributed by atoms with Crippen molar-refractivity contribution in [3.63, 3.8) is 0 Å². The second kappa shape index (κ2) is 3.18. The van der Waals surface area contributed by atoms with Gasteiger partial charge in [0.1, 0.15) is 5.75 Å².